The molecule has 0 unspecified atom stereocenters. The first kappa shape index (κ1) is 17.2. The van der Waals surface area contributed by atoms with Crippen LogP contribution in [0.2, 0.25) is 0 Å². The molecular formula is C22H12F2N2O3. The van der Waals surface area contributed by atoms with Gasteiger partial charge in [0.2, 0.25) is 5.71 Å². The summed E-state index contributed by atoms with van der Waals surface area (Å²) in [6, 6.07) is 12.7. The Labute approximate surface area is 162 Å². The quantitative estimate of drug-likeness (QED) is 0.371. The number of hydrogen-bond acceptors (Lipinski definition) is 4. The van der Waals surface area contributed by atoms with Crippen LogP contribution in [0.5, 0.6) is 0 Å². The lowest BCUT2D eigenvalue weighted by Crippen LogP contribution is -2.00. The average molecular weight is 390 g/mol. The van der Waals surface area contributed by atoms with Gasteiger partial charge in [0.25, 0.3) is 0 Å². The standard InChI is InChI=1S/C22H12F2N2O3/c1-26-18-8-12(29-22(18)25-21(26)11-5-3-2-4-6-11)7-15-19(27)13-9-16(23)17(24)10-14(13)20(15)28/h2-10H,1H3. The lowest BCUT2D eigenvalue weighted by Gasteiger charge is -2.01. The third-order valence-corrected chi connectivity index (χ3v) is 4.96. The lowest BCUT2D eigenvalue weighted by molar-refractivity contribution is 0.0990. The highest BCUT2D eigenvalue weighted by molar-refractivity contribution is 6.41. The highest BCUT2D eigenvalue weighted by Gasteiger charge is 2.35. The number of ketones is 2. The van der Waals surface area contributed by atoms with Gasteiger partial charge in [0, 0.05) is 29.8 Å². The second kappa shape index (κ2) is 6.07. The first-order valence-electron chi connectivity index (χ1n) is 8.76. The Kier molecular flexibility index (Phi) is 3.61. The monoisotopic (exact) mass is 390 g/mol. The van der Waals surface area contributed by atoms with Gasteiger partial charge in [0.05, 0.1) is 5.57 Å². The van der Waals surface area contributed by atoms with E-state index in [-0.39, 0.29) is 22.5 Å². The number of Topliss-reactive ketones (excluding diaryl/α,β-unsaturated/α-hetero) is 2. The van der Waals surface area contributed by atoms with Crippen molar-refractivity contribution < 1.29 is 22.8 Å². The second-order valence-electron chi connectivity index (χ2n) is 6.73. The van der Waals surface area contributed by atoms with E-state index in [2.05, 4.69) is 4.98 Å². The SMILES string of the molecule is Cn1c(-c2ccccc2)nc2oc(C=C3C(=O)c4cc(F)c(F)cc4C3=O)cc21. The zero-order chi connectivity index (χ0) is 20.3. The Morgan fingerprint density at radius 3 is 2.17 bits per heavy atom. The van der Waals surface area contributed by atoms with Gasteiger partial charge in [0.1, 0.15) is 17.1 Å². The van der Waals surface area contributed by atoms with E-state index in [0.717, 1.165) is 17.7 Å². The highest BCUT2D eigenvalue weighted by atomic mass is 19.2. The molecule has 142 valence electrons. The van der Waals surface area contributed by atoms with Gasteiger partial charge < -0.3 is 8.98 Å². The van der Waals surface area contributed by atoms with Gasteiger partial charge >= 0.3 is 0 Å². The molecule has 2 aromatic heterocycles. The van der Waals surface area contributed by atoms with E-state index >= 15 is 0 Å². The maximum atomic E-state index is 13.5. The zero-order valence-corrected chi connectivity index (χ0v) is 15.1. The Hall–Kier alpha value is -3.87. The number of aromatic nitrogens is 2. The number of aryl methyl sites for hydroxylation is 1. The van der Waals surface area contributed by atoms with Crippen molar-refractivity contribution >= 4 is 28.9 Å². The van der Waals surface area contributed by atoms with Crippen LogP contribution in [0.3, 0.4) is 0 Å². The molecule has 0 N–H and O–H groups in total. The smallest absolute Gasteiger partial charge is 0.245 e. The molecule has 0 bridgehead atoms. The second-order valence-corrected chi connectivity index (χ2v) is 6.73. The van der Waals surface area contributed by atoms with Crippen LogP contribution in [0, 0.1) is 11.6 Å². The average Bonchev–Trinajstić information content (AvgIpc) is 3.32. The summed E-state index contributed by atoms with van der Waals surface area (Å²) in [5, 5.41) is 0. The van der Waals surface area contributed by atoms with Crippen LogP contribution in [0.1, 0.15) is 26.5 Å². The van der Waals surface area contributed by atoms with Crippen LogP contribution in [0.15, 0.2) is 58.5 Å². The van der Waals surface area contributed by atoms with Crippen molar-refractivity contribution in [3.05, 3.63) is 82.6 Å². The number of hydrogen-bond donors (Lipinski definition) is 0. The molecular weight excluding hydrogens is 378 g/mol. The fourth-order valence-corrected chi connectivity index (χ4v) is 3.50. The molecule has 0 atom stereocenters. The van der Waals surface area contributed by atoms with Gasteiger partial charge in [0.15, 0.2) is 23.2 Å². The number of furan rings is 1. The summed E-state index contributed by atoms with van der Waals surface area (Å²) < 4.78 is 34.5. The fourth-order valence-electron chi connectivity index (χ4n) is 3.50. The van der Waals surface area contributed by atoms with Gasteiger partial charge in [-0.1, -0.05) is 30.3 Å². The first-order valence-corrected chi connectivity index (χ1v) is 8.76. The first-order chi connectivity index (χ1) is 13.9. The molecule has 0 spiro atoms. The molecule has 5 nitrogen and oxygen atoms in total. The van der Waals surface area contributed by atoms with Gasteiger partial charge in [-0.25, -0.2) is 8.78 Å². The number of rotatable bonds is 2. The van der Waals surface area contributed by atoms with E-state index in [1.807, 2.05) is 41.9 Å². The molecule has 0 radical (unpaired) electrons. The molecule has 7 heteroatoms. The van der Waals surface area contributed by atoms with Crippen LogP contribution in [-0.2, 0) is 7.05 Å². The molecule has 4 aromatic rings. The van der Waals surface area contributed by atoms with E-state index in [1.165, 1.54) is 6.08 Å². The molecule has 1 aliphatic carbocycles. The molecule has 29 heavy (non-hydrogen) atoms. The fraction of sp³-hybridized carbons (Fsp3) is 0.0455. The van der Waals surface area contributed by atoms with Gasteiger partial charge in [-0.05, 0) is 18.2 Å². The van der Waals surface area contributed by atoms with Crippen molar-refractivity contribution in [1.82, 2.24) is 9.55 Å². The number of benzene rings is 2. The summed E-state index contributed by atoms with van der Waals surface area (Å²) in [5.74, 6) is -2.71. The normalized spacial score (nSPS) is 13.4. The Morgan fingerprint density at radius 1 is 0.966 bits per heavy atom. The zero-order valence-electron chi connectivity index (χ0n) is 15.1. The van der Waals surface area contributed by atoms with Crippen LogP contribution in [0.25, 0.3) is 28.7 Å². The molecule has 2 heterocycles. The van der Waals surface area contributed by atoms with Crippen LogP contribution >= 0.6 is 0 Å². The van der Waals surface area contributed by atoms with Crippen molar-refractivity contribution in [1.29, 1.82) is 0 Å². The number of allylic oxidation sites excluding steroid dienone is 1. The van der Waals surface area contributed by atoms with Crippen molar-refractivity contribution in [3.8, 4) is 11.4 Å². The molecule has 2 aromatic carbocycles. The third-order valence-electron chi connectivity index (χ3n) is 4.96. The molecule has 0 saturated carbocycles. The summed E-state index contributed by atoms with van der Waals surface area (Å²) >= 11 is 0. The predicted molar refractivity (Wildman–Crippen MR) is 101 cm³/mol. The van der Waals surface area contributed by atoms with E-state index in [0.29, 0.717) is 17.1 Å². The van der Waals surface area contributed by atoms with Crippen LogP contribution < -0.4 is 0 Å². The summed E-state index contributed by atoms with van der Waals surface area (Å²) in [6.07, 6.45) is 1.28. The minimum absolute atomic E-state index is 0.152. The van der Waals surface area contributed by atoms with Gasteiger partial charge in [-0.3, -0.25) is 9.59 Å². The molecule has 5 rings (SSSR count). The Bertz CT molecular complexity index is 1320. The van der Waals surface area contributed by atoms with Crippen molar-refractivity contribution in [3.63, 3.8) is 0 Å². The Balaban J connectivity index is 1.56. The number of fused-ring (bicyclic) bond motifs is 2. The predicted octanol–water partition coefficient (Wildman–Crippen LogP) is 4.57. The molecule has 0 fully saturated rings. The number of carbonyl (C=O) groups is 2. The Morgan fingerprint density at radius 2 is 1.59 bits per heavy atom. The molecule has 0 amide bonds. The third kappa shape index (κ3) is 2.55. The maximum absolute atomic E-state index is 13.5. The lowest BCUT2D eigenvalue weighted by atomic mass is 10.1. The minimum Gasteiger partial charge on any atom is -0.437 e. The summed E-state index contributed by atoms with van der Waals surface area (Å²) in [6.45, 7) is 0. The van der Waals surface area contributed by atoms with Crippen molar-refractivity contribution in [2.45, 2.75) is 0 Å². The summed E-state index contributed by atoms with van der Waals surface area (Å²) in [4.78, 5) is 29.5. The topological polar surface area (TPSA) is 65.1 Å². The maximum Gasteiger partial charge on any atom is 0.245 e. The molecule has 0 aliphatic heterocycles. The summed E-state index contributed by atoms with van der Waals surface area (Å²) in [7, 11) is 1.83. The number of nitrogens with zero attached hydrogens (tertiary/aromatic N) is 2. The highest BCUT2D eigenvalue weighted by Crippen LogP contribution is 2.32. The number of carbonyl (C=O) groups excluding carboxylic acids is 2. The number of imidazole rings is 1. The summed E-state index contributed by atoms with van der Waals surface area (Å²) in [5.41, 5.74) is 1.45. The number of halogens is 2. The minimum atomic E-state index is -1.17. The van der Waals surface area contributed by atoms with Gasteiger partial charge in [-0.2, -0.15) is 4.98 Å². The van der Waals surface area contributed by atoms with E-state index < -0.39 is 23.2 Å². The van der Waals surface area contributed by atoms with Gasteiger partial charge in [-0.15, -0.1) is 0 Å². The van der Waals surface area contributed by atoms with Crippen LogP contribution in [-0.4, -0.2) is 21.1 Å². The van der Waals surface area contributed by atoms with E-state index in [9.17, 15) is 18.4 Å². The largest absolute Gasteiger partial charge is 0.437 e. The van der Waals surface area contributed by atoms with E-state index in [1.54, 1.807) is 6.07 Å². The molecule has 1 aliphatic rings. The van der Waals surface area contributed by atoms with E-state index in [4.69, 9.17) is 4.42 Å². The molecule has 0 saturated heterocycles. The van der Waals surface area contributed by atoms with Crippen molar-refractivity contribution in [2.24, 2.45) is 7.05 Å². The van der Waals surface area contributed by atoms with Crippen molar-refractivity contribution in [2.75, 3.05) is 0 Å². The van der Waals surface area contributed by atoms with Crippen LogP contribution in [0.4, 0.5) is 8.78 Å².